The number of halogens is 1. The van der Waals surface area contributed by atoms with Gasteiger partial charge in [-0.2, -0.15) is 0 Å². The van der Waals surface area contributed by atoms with Gasteiger partial charge in [-0.3, -0.25) is 4.79 Å². The van der Waals surface area contributed by atoms with Crippen molar-refractivity contribution >= 4 is 27.9 Å². The van der Waals surface area contributed by atoms with Crippen molar-refractivity contribution in [1.29, 1.82) is 0 Å². The number of carbonyl (C=O) groups excluding carboxylic acids is 2. The lowest BCUT2D eigenvalue weighted by Gasteiger charge is -2.24. The molecule has 3 fully saturated rings. The summed E-state index contributed by atoms with van der Waals surface area (Å²) in [5.74, 6) is -0.138. The van der Waals surface area contributed by atoms with E-state index in [1.807, 2.05) is 48.5 Å². The number of carbonyl (C=O) groups is 2. The van der Waals surface area contributed by atoms with E-state index in [-0.39, 0.29) is 29.9 Å². The zero-order valence-corrected chi connectivity index (χ0v) is 22.6. The Morgan fingerprint density at radius 1 is 1.05 bits per heavy atom. The van der Waals surface area contributed by atoms with Crippen LogP contribution in [0.25, 0.3) is 11.1 Å². The van der Waals surface area contributed by atoms with Crippen LogP contribution in [-0.4, -0.2) is 35.4 Å². The number of hydrogen-bond acceptors (Lipinski definition) is 5. The standard InChI is InChI=1S/C31H35BrO5/c32-26(27(33)16-11-20-7-3-1-4-8-20)17-24-25-18-30(34)36-28(25)19-29(24)37-31(35)23-14-12-22(13-15-23)21-9-5-2-6-10-21/h2,5-6,9-10,12-15,17,20,24-25,27-29,33H,1,3-4,7-8,11,16,18-19H2/t24-,25+,27-,28-,29+/m0/s1. The highest BCUT2D eigenvalue weighted by molar-refractivity contribution is 9.11. The summed E-state index contributed by atoms with van der Waals surface area (Å²) >= 11 is 3.60. The van der Waals surface area contributed by atoms with Crippen molar-refractivity contribution in [3.63, 3.8) is 0 Å². The number of fused-ring (bicyclic) bond motifs is 1. The minimum atomic E-state index is -0.596. The molecule has 1 heterocycles. The number of benzene rings is 2. The summed E-state index contributed by atoms with van der Waals surface area (Å²) in [6.45, 7) is 0. The van der Waals surface area contributed by atoms with Crippen LogP contribution in [-0.2, 0) is 14.3 Å². The van der Waals surface area contributed by atoms with Gasteiger partial charge in [-0.05, 0) is 42.0 Å². The van der Waals surface area contributed by atoms with Gasteiger partial charge < -0.3 is 14.6 Å². The van der Waals surface area contributed by atoms with Gasteiger partial charge in [-0.1, -0.05) is 96.6 Å². The molecule has 1 N–H and O–H groups in total. The van der Waals surface area contributed by atoms with Gasteiger partial charge in [0.1, 0.15) is 12.2 Å². The highest BCUT2D eigenvalue weighted by Crippen LogP contribution is 2.45. The first kappa shape index (κ1) is 26.2. The van der Waals surface area contributed by atoms with Crippen molar-refractivity contribution in [3.8, 4) is 11.1 Å². The number of aliphatic hydroxyl groups is 1. The highest BCUT2D eigenvalue weighted by atomic mass is 79.9. The lowest BCUT2D eigenvalue weighted by atomic mass is 9.85. The molecule has 196 valence electrons. The molecule has 2 saturated carbocycles. The van der Waals surface area contributed by atoms with Gasteiger partial charge in [0.25, 0.3) is 0 Å². The molecule has 0 spiro atoms. The second-order valence-corrected chi connectivity index (χ2v) is 11.7. The molecule has 37 heavy (non-hydrogen) atoms. The van der Waals surface area contributed by atoms with Crippen LogP contribution >= 0.6 is 15.9 Å². The van der Waals surface area contributed by atoms with E-state index in [1.165, 1.54) is 32.1 Å². The van der Waals surface area contributed by atoms with E-state index in [2.05, 4.69) is 15.9 Å². The quantitative estimate of drug-likeness (QED) is 0.354. The molecule has 6 heteroatoms. The van der Waals surface area contributed by atoms with Crippen LogP contribution in [0, 0.1) is 17.8 Å². The van der Waals surface area contributed by atoms with Gasteiger partial charge in [-0.15, -0.1) is 0 Å². The predicted octanol–water partition coefficient (Wildman–Crippen LogP) is 6.83. The van der Waals surface area contributed by atoms with E-state index in [4.69, 9.17) is 9.47 Å². The Kier molecular flexibility index (Phi) is 8.46. The van der Waals surface area contributed by atoms with Gasteiger partial charge in [-0.25, -0.2) is 4.79 Å². The zero-order chi connectivity index (χ0) is 25.8. The summed E-state index contributed by atoms with van der Waals surface area (Å²) in [5, 5.41) is 10.8. The molecule has 2 aromatic rings. The fraction of sp³-hybridized carbons (Fsp3) is 0.484. The smallest absolute Gasteiger partial charge is 0.338 e. The zero-order valence-electron chi connectivity index (χ0n) is 21.1. The Morgan fingerprint density at radius 3 is 2.49 bits per heavy atom. The SMILES string of the molecule is O=C1C[C@@H]2[C@H](C=C(Br)[C@@H](O)CCC3CCCCC3)[C@H](OC(=O)c3ccc(-c4ccccc4)cc3)C[C@@H]2O1. The molecule has 5 nitrogen and oxygen atoms in total. The highest BCUT2D eigenvalue weighted by Gasteiger charge is 2.51. The topological polar surface area (TPSA) is 72.8 Å². The van der Waals surface area contributed by atoms with Gasteiger partial charge in [0.15, 0.2) is 0 Å². The molecule has 5 atom stereocenters. The Balaban J connectivity index is 1.25. The van der Waals surface area contributed by atoms with Gasteiger partial charge >= 0.3 is 11.9 Å². The summed E-state index contributed by atoms with van der Waals surface area (Å²) in [7, 11) is 0. The summed E-state index contributed by atoms with van der Waals surface area (Å²) in [5.41, 5.74) is 2.61. The molecule has 2 aromatic carbocycles. The van der Waals surface area contributed by atoms with Gasteiger partial charge in [0, 0.05) is 22.7 Å². The molecule has 0 radical (unpaired) electrons. The fourth-order valence-corrected chi connectivity index (χ4v) is 6.73. The third-order valence-corrected chi connectivity index (χ3v) is 9.07. The monoisotopic (exact) mass is 566 g/mol. The molecular formula is C31H35BrO5. The van der Waals surface area contributed by atoms with Crippen LogP contribution < -0.4 is 0 Å². The molecular weight excluding hydrogens is 532 g/mol. The first-order chi connectivity index (χ1) is 18.0. The minimum Gasteiger partial charge on any atom is -0.462 e. The second kappa shape index (κ2) is 12.0. The Hall–Kier alpha value is -2.44. The number of ether oxygens (including phenoxy) is 2. The Bertz CT molecular complexity index is 1110. The normalized spacial score (nSPS) is 27.0. The third-order valence-electron chi connectivity index (χ3n) is 8.28. The van der Waals surface area contributed by atoms with Crippen molar-refractivity contribution in [3.05, 3.63) is 70.7 Å². The maximum absolute atomic E-state index is 13.1. The van der Waals surface area contributed by atoms with Crippen molar-refractivity contribution in [1.82, 2.24) is 0 Å². The molecule has 5 rings (SSSR count). The van der Waals surface area contributed by atoms with E-state index >= 15 is 0 Å². The van der Waals surface area contributed by atoms with Crippen LogP contribution in [0.2, 0.25) is 0 Å². The maximum Gasteiger partial charge on any atom is 0.338 e. The third kappa shape index (κ3) is 6.35. The molecule has 1 saturated heterocycles. The largest absolute Gasteiger partial charge is 0.462 e. The van der Waals surface area contributed by atoms with E-state index in [0.717, 1.165) is 17.5 Å². The van der Waals surface area contributed by atoms with E-state index in [0.29, 0.717) is 35.2 Å². The maximum atomic E-state index is 13.1. The summed E-state index contributed by atoms with van der Waals surface area (Å²) in [6.07, 6.45) is 9.62. The van der Waals surface area contributed by atoms with Crippen LogP contribution in [0.1, 0.15) is 68.1 Å². The summed E-state index contributed by atoms with van der Waals surface area (Å²) in [6, 6.07) is 17.4. The van der Waals surface area contributed by atoms with Gasteiger partial charge in [0.2, 0.25) is 0 Å². The second-order valence-electron chi connectivity index (χ2n) is 10.7. The number of rotatable bonds is 8. The molecule has 0 bridgehead atoms. The summed E-state index contributed by atoms with van der Waals surface area (Å²) in [4.78, 5) is 25.1. The number of esters is 2. The van der Waals surface area contributed by atoms with Crippen LogP contribution in [0.3, 0.4) is 0 Å². The Morgan fingerprint density at radius 2 is 1.76 bits per heavy atom. The molecule has 2 aliphatic carbocycles. The molecule has 3 aliphatic rings. The van der Waals surface area contributed by atoms with E-state index in [9.17, 15) is 14.7 Å². The molecule has 0 aromatic heterocycles. The number of hydrogen-bond donors (Lipinski definition) is 1. The van der Waals surface area contributed by atoms with Crippen LogP contribution in [0.4, 0.5) is 0 Å². The molecule has 1 aliphatic heterocycles. The van der Waals surface area contributed by atoms with E-state index in [1.54, 1.807) is 12.1 Å². The van der Waals surface area contributed by atoms with Crippen molar-refractivity contribution in [2.75, 3.05) is 0 Å². The van der Waals surface area contributed by atoms with Crippen molar-refractivity contribution in [2.24, 2.45) is 17.8 Å². The lowest BCUT2D eigenvalue weighted by molar-refractivity contribution is -0.141. The van der Waals surface area contributed by atoms with Gasteiger partial charge in [0.05, 0.1) is 18.1 Å². The van der Waals surface area contributed by atoms with Crippen molar-refractivity contribution in [2.45, 2.75) is 76.1 Å². The summed E-state index contributed by atoms with van der Waals surface area (Å²) < 4.78 is 12.2. The first-order valence-electron chi connectivity index (χ1n) is 13.6. The van der Waals surface area contributed by atoms with Crippen LogP contribution in [0.5, 0.6) is 0 Å². The minimum absolute atomic E-state index is 0.0520. The Labute approximate surface area is 227 Å². The first-order valence-corrected chi connectivity index (χ1v) is 14.4. The van der Waals surface area contributed by atoms with E-state index < -0.39 is 12.2 Å². The fourth-order valence-electron chi connectivity index (χ4n) is 6.19. The number of aliphatic hydroxyl groups excluding tert-OH is 1. The average Bonchev–Trinajstić information content (AvgIpc) is 3.44. The lowest BCUT2D eigenvalue weighted by Crippen LogP contribution is -2.25. The average molecular weight is 568 g/mol. The molecule has 0 unspecified atom stereocenters. The van der Waals surface area contributed by atoms with Crippen LogP contribution in [0.15, 0.2) is 65.2 Å². The molecule has 0 amide bonds. The predicted molar refractivity (Wildman–Crippen MR) is 146 cm³/mol. The van der Waals surface area contributed by atoms with Crippen molar-refractivity contribution < 1.29 is 24.2 Å².